The highest BCUT2D eigenvalue weighted by Crippen LogP contribution is 2.14. The van der Waals surface area contributed by atoms with Crippen LogP contribution in [-0.2, 0) is 21.2 Å². The van der Waals surface area contributed by atoms with E-state index in [1.807, 2.05) is 0 Å². The second-order valence-corrected chi connectivity index (χ2v) is 5.65. The molecular formula is C10H14N2O4S. The molecular weight excluding hydrogens is 244 g/mol. The predicted octanol–water partition coefficient (Wildman–Crippen LogP) is -0.321. The lowest BCUT2D eigenvalue weighted by molar-refractivity contribution is -0.142. The summed E-state index contributed by atoms with van der Waals surface area (Å²) in [5, 5.41) is 13.8. The van der Waals surface area contributed by atoms with Crippen LogP contribution in [0, 0.1) is 0 Å². The molecule has 0 aromatic heterocycles. The molecule has 1 atom stereocenters. The number of hydrogen-bond donors (Lipinski definition) is 3. The van der Waals surface area contributed by atoms with Gasteiger partial charge in [-0.05, 0) is 24.6 Å². The van der Waals surface area contributed by atoms with Crippen molar-refractivity contribution in [1.82, 2.24) is 0 Å². The minimum Gasteiger partial charge on any atom is -0.480 e. The highest BCUT2D eigenvalue weighted by molar-refractivity contribution is 7.89. The van der Waals surface area contributed by atoms with Gasteiger partial charge >= 0.3 is 5.97 Å². The Hall–Kier alpha value is -1.44. The molecule has 6 nitrogen and oxygen atoms in total. The van der Waals surface area contributed by atoms with Crippen LogP contribution in [0.3, 0.4) is 0 Å². The van der Waals surface area contributed by atoms with Crippen molar-refractivity contribution in [3.63, 3.8) is 0 Å². The average Bonchev–Trinajstić information content (AvgIpc) is 2.16. The third-order valence-electron chi connectivity index (χ3n) is 2.31. The van der Waals surface area contributed by atoms with Crippen LogP contribution in [0.1, 0.15) is 12.5 Å². The van der Waals surface area contributed by atoms with E-state index in [0.29, 0.717) is 5.56 Å². The number of rotatable bonds is 4. The van der Waals surface area contributed by atoms with Gasteiger partial charge in [-0.2, -0.15) is 0 Å². The maximum Gasteiger partial charge on any atom is 0.323 e. The molecule has 17 heavy (non-hydrogen) atoms. The van der Waals surface area contributed by atoms with Crippen molar-refractivity contribution < 1.29 is 18.3 Å². The Kier molecular flexibility index (Phi) is 3.56. The van der Waals surface area contributed by atoms with Crippen LogP contribution < -0.4 is 10.9 Å². The number of hydrogen-bond acceptors (Lipinski definition) is 4. The van der Waals surface area contributed by atoms with E-state index in [2.05, 4.69) is 0 Å². The first-order chi connectivity index (χ1) is 7.63. The molecule has 0 unspecified atom stereocenters. The fraction of sp³-hybridized carbons (Fsp3) is 0.300. The van der Waals surface area contributed by atoms with E-state index in [9.17, 15) is 13.2 Å². The first-order valence-electron chi connectivity index (χ1n) is 4.77. The number of primary sulfonamides is 1. The standard InChI is InChI=1S/C10H14N2O4S/c1-10(11,9(13)14)6-7-2-4-8(5-3-7)17(12,15)16/h2-5H,6,11H2,1H3,(H,13,14)(H2,12,15,16)/t10-/m0/s1. The van der Waals surface area contributed by atoms with Crippen LogP contribution in [-0.4, -0.2) is 25.0 Å². The van der Waals surface area contributed by atoms with Crippen molar-refractivity contribution in [3.8, 4) is 0 Å². The first kappa shape index (κ1) is 13.6. The van der Waals surface area contributed by atoms with Gasteiger partial charge in [0, 0.05) is 6.42 Å². The molecule has 5 N–H and O–H groups in total. The number of carbonyl (C=O) groups is 1. The van der Waals surface area contributed by atoms with E-state index >= 15 is 0 Å². The van der Waals surface area contributed by atoms with Crippen LogP contribution >= 0.6 is 0 Å². The molecule has 0 bridgehead atoms. The van der Waals surface area contributed by atoms with Crippen molar-refractivity contribution in [3.05, 3.63) is 29.8 Å². The number of nitrogens with two attached hydrogens (primary N) is 2. The van der Waals surface area contributed by atoms with E-state index < -0.39 is 21.5 Å². The maximum atomic E-state index is 11.0. The predicted molar refractivity (Wildman–Crippen MR) is 61.7 cm³/mol. The zero-order valence-electron chi connectivity index (χ0n) is 9.25. The largest absolute Gasteiger partial charge is 0.480 e. The second-order valence-electron chi connectivity index (χ2n) is 4.09. The molecule has 0 radical (unpaired) electrons. The zero-order valence-corrected chi connectivity index (χ0v) is 10.1. The van der Waals surface area contributed by atoms with E-state index in [0.717, 1.165) is 0 Å². The molecule has 7 heteroatoms. The summed E-state index contributed by atoms with van der Waals surface area (Å²) in [7, 11) is -3.73. The van der Waals surface area contributed by atoms with E-state index in [-0.39, 0.29) is 11.3 Å². The van der Waals surface area contributed by atoms with Gasteiger partial charge in [-0.3, -0.25) is 4.79 Å². The van der Waals surface area contributed by atoms with Crippen molar-refractivity contribution in [2.75, 3.05) is 0 Å². The van der Waals surface area contributed by atoms with E-state index in [4.69, 9.17) is 16.0 Å². The fourth-order valence-electron chi connectivity index (χ4n) is 1.30. The first-order valence-corrected chi connectivity index (χ1v) is 6.31. The zero-order chi connectivity index (χ0) is 13.3. The Morgan fingerprint density at radius 2 is 1.82 bits per heavy atom. The average molecular weight is 258 g/mol. The molecule has 0 aliphatic carbocycles. The molecule has 0 aliphatic rings. The molecule has 94 valence electrons. The van der Waals surface area contributed by atoms with Crippen LogP contribution in [0.15, 0.2) is 29.2 Å². The summed E-state index contributed by atoms with van der Waals surface area (Å²) in [4.78, 5) is 10.8. The molecule has 0 amide bonds. The number of carboxylic acids is 1. The molecule has 0 saturated heterocycles. The lowest BCUT2D eigenvalue weighted by Crippen LogP contribution is -2.46. The van der Waals surface area contributed by atoms with Gasteiger partial charge < -0.3 is 10.8 Å². The molecule has 0 saturated carbocycles. The van der Waals surface area contributed by atoms with Gasteiger partial charge in [-0.25, -0.2) is 13.6 Å². The van der Waals surface area contributed by atoms with Crippen LogP contribution in [0.4, 0.5) is 0 Å². The molecule has 1 aromatic carbocycles. The van der Waals surface area contributed by atoms with Crippen molar-refractivity contribution in [2.45, 2.75) is 23.8 Å². The van der Waals surface area contributed by atoms with Crippen LogP contribution in [0.25, 0.3) is 0 Å². The quantitative estimate of drug-likeness (QED) is 0.682. The molecule has 0 aliphatic heterocycles. The second kappa shape index (κ2) is 4.44. The summed E-state index contributed by atoms with van der Waals surface area (Å²) < 4.78 is 22.0. The fourth-order valence-corrected chi connectivity index (χ4v) is 1.81. The Balaban J connectivity index is 2.94. The maximum absolute atomic E-state index is 11.0. The van der Waals surface area contributed by atoms with Gasteiger partial charge in [0.2, 0.25) is 10.0 Å². The third kappa shape index (κ3) is 3.52. The monoisotopic (exact) mass is 258 g/mol. The molecule has 1 aromatic rings. The summed E-state index contributed by atoms with van der Waals surface area (Å²) in [6, 6.07) is 5.63. The lowest BCUT2D eigenvalue weighted by Gasteiger charge is -2.18. The number of aliphatic carboxylic acids is 1. The minimum absolute atomic E-state index is 0.0182. The topological polar surface area (TPSA) is 123 Å². The van der Waals surface area contributed by atoms with Gasteiger partial charge in [0.05, 0.1) is 4.90 Å². The molecule has 0 spiro atoms. The number of carboxylic acid groups (broad SMARTS) is 1. The summed E-state index contributed by atoms with van der Waals surface area (Å²) >= 11 is 0. The Morgan fingerprint density at radius 3 is 2.18 bits per heavy atom. The molecule has 1 rings (SSSR count). The highest BCUT2D eigenvalue weighted by atomic mass is 32.2. The van der Waals surface area contributed by atoms with Gasteiger partial charge in [-0.15, -0.1) is 0 Å². The van der Waals surface area contributed by atoms with Crippen molar-refractivity contribution in [2.24, 2.45) is 10.9 Å². The molecule has 0 fully saturated rings. The van der Waals surface area contributed by atoms with Crippen LogP contribution in [0.5, 0.6) is 0 Å². The minimum atomic E-state index is -3.73. The number of sulfonamides is 1. The van der Waals surface area contributed by atoms with Gasteiger partial charge in [-0.1, -0.05) is 12.1 Å². The Bertz CT molecular complexity index is 520. The van der Waals surface area contributed by atoms with Gasteiger partial charge in [0.25, 0.3) is 0 Å². The smallest absolute Gasteiger partial charge is 0.323 e. The summed E-state index contributed by atoms with van der Waals surface area (Å²) in [6.07, 6.45) is 0.104. The Morgan fingerprint density at radius 1 is 1.35 bits per heavy atom. The summed E-state index contributed by atoms with van der Waals surface area (Å²) in [5.41, 5.74) is 4.82. The Labute approximate surface area is 99.3 Å². The normalized spacial score (nSPS) is 15.2. The SMILES string of the molecule is C[C@](N)(Cc1ccc(S(N)(=O)=O)cc1)C(=O)O. The molecule has 0 heterocycles. The highest BCUT2D eigenvalue weighted by Gasteiger charge is 2.28. The number of benzene rings is 1. The van der Waals surface area contributed by atoms with E-state index in [1.54, 1.807) is 0 Å². The summed E-state index contributed by atoms with van der Waals surface area (Å²) in [5.74, 6) is -1.12. The van der Waals surface area contributed by atoms with Crippen molar-refractivity contribution >= 4 is 16.0 Å². The van der Waals surface area contributed by atoms with Gasteiger partial charge in [0.15, 0.2) is 0 Å². The summed E-state index contributed by atoms with van der Waals surface area (Å²) in [6.45, 7) is 1.39. The third-order valence-corrected chi connectivity index (χ3v) is 3.24. The van der Waals surface area contributed by atoms with E-state index in [1.165, 1.54) is 31.2 Å². The van der Waals surface area contributed by atoms with Crippen LogP contribution in [0.2, 0.25) is 0 Å². The van der Waals surface area contributed by atoms with Gasteiger partial charge in [0.1, 0.15) is 5.54 Å². The lowest BCUT2D eigenvalue weighted by atomic mass is 9.94. The van der Waals surface area contributed by atoms with Crippen molar-refractivity contribution in [1.29, 1.82) is 0 Å².